The summed E-state index contributed by atoms with van der Waals surface area (Å²) in [6, 6.07) is 9.12. The molecule has 0 radical (unpaired) electrons. The monoisotopic (exact) mass is 295 g/mol. The topological polar surface area (TPSA) is 59.3 Å². The van der Waals surface area contributed by atoms with Crippen molar-refractivity contribution >= 4 is 21.9 Å². The maximum atomic E-state index is 11.6. The highest BCUT2D eigenvalue weighted by molar-refractivity contribution is 9.09. The fraction of sp³-hybridized carbons (Fsp3) is 0.333. The van der Waals surface area contributed by atoms with E-state index >= 15 is 0 Å². The van der Waals surface area contributed by atoms with Crippen LogP contribution in [-0.2, 0) is 20.7 Å². The lowest BCUT2D eigenvalue weighted by Gasteiger charge is -2.20. The lowest BCUT2D eigenvalue weighted by molar-refractivity contribution is -0.142. The third-order valence-electron chi connectivity index (χ3n) is 2.69. The van der Waals surface area contributed by atoms with Crippen LogP contribution in [0.3, 0.4) is 0 Å². The molecule has 2 rings (SSSR count). The lowest BCUT2D eigenvalue weighted by atomic mass is 9.96. The SMILES string of the molecule is N#Cc1ccc(CC2(CBr)OCOC2=O)cc1. The predicted molar refractivity (Wildman–Crippen MR) is 63.4 cm³/mol. The molecular weight excluding hydrogens is 286 g/mol. The van der Waals surface area contributed by atoms with E-state index in [2.05, 4.69) is 15.9 Å². The Hall–Kier alpha value is -1.38. The molecule has 1 heterocycles. The molecule has 88 valence electrons. The molecule has 0 aliphatic carbocycles. The molecule has 0 bridgehead atoms. The summed E-state index contributed by atoms with van der Waals surface area (Å²) < 4.78 is 10.2. The molecule has 4 nitrogen and oxygen atoms in total. The standard InChI is InChI=1S/C12H10BrNO3/c13-7-12(11(15)16-8-17-12)5-9-1-3-10(6-14)4-2-9/h1-4H,5,7-8H2. The van der Waals surface area contributed by atoms with Gasteiger partial charge in [-0.3, -0.25) is 0 Å². The second kappa shape index (κ2) is 4.86. The minimum absolute atomic E-state index is 0.000707. The van der Waals surface area contributed by atoms with Gasteiger partial charge in [0, 0.05) is 11.8 Å². The second-order valence-electron chi connectivity index (χ2n) is 3.81. The van der Waals surface area contributed by atoms with Gasteiger partial charge in [-0.1, -0.05) is 28.1 Å². The van der Waals surface area contributed by atoms with Gasteiger partial charge in [0.05, 0.1) is 11.6 Å². The summed E-state index contributed by atoms with van der Waals surface area (Å²) in [4.78, 5) is 11.6. The van der Waals surface area contributed by atoms with Gasteiger partial charge in [0.2, 0.25) is 0 Å². The van der Waals surface area contributed by atoms with E-state index in [1.807, 2.05) is 18.2 Å². The molecule has 1 atom stereocenters. The number of cyclic esters (lactones) is 1. The summed E-state index contributed by atoms with van der Waals surface area (Å²) in [6.07, 6.45) is 0.433. The maximum absolute atomic E-state index is 11.6. The normalized spacial score (nSPS) is 23.2. The van der Waals surface area contributed by atoms with Gasteiger partial charge in [0.25, 0.3) is 0 Å². The highest BCUT2D eigenvalue weighted by Crippen LogP contribution is 2.27. The number of ether oxygens (including phenoxy) is 2. The van der Waals surface area contributed by atoms with Gasteiger partial charge in [-0.05, 0) is 17.7 Å². The minimum Gasteiger partial charge on any atom is -0.436 e. The number of nitrogens with zero attached hydrogens (tertiary/aromatic N) is 1. The van der Waals surface area contributed by atoms with Crippen molar-refractivity contribution in [2.45, 2.75) is 12.0 Å². The molecule has 0 saturated carbocycles. The van der Waals surface area contributed by atoms with Gasteiger partial charge < -0.3 is 9.47 Å². The fourth-order valence-electron chi connectivity index (χ4n) is 1.68. The molecular formula is C12H10BrNO3. The molecule has 1 unspecified atom stereocenters. The van der Waals surface area contributed by atoms with Crippen molar-refractivity contribution in [3.63, 3.8) is 0 Å². The van der Waals surface area contributed by atoms with Crippen LogP contribution in [0.4, 0.5) is 0 Å². The molecule has 0 N–H and O–H groups in total. The largest absolute Gasteiger partial charge is 0.436 e. The molecule has 17 heavy (non-hydrogen) atoms. The number of carbonyl (C=O) groups excluding carboxylic acids is 1. The first kappa shape index (κ1) is 12.1. The molecule has 1 fully saturated rings. The zero-order chi connectivity index (χ0) is 12.3. The number of hydrogen-bond donors (Lipinski definition) is 0. The van der Waals surface area contributed by atoms with Gasteiger partial charge in [0.1, 0.15) is 0 Å². The van der Waals surface area contributed by atoms with E-state index in [0.717, 1.165) is 5.56 Å². The average molecular weight is 296 g/mol. The molecule has 1 aromatic carbocycles. The fourth-order valence-corrected chi connectivity index (χ4v) is 2.27. The van der Waals surface area contributed by atoms with Crippen molar-refractivity contribution < 1.29 is 14.3 Å². The van der Waals surface area contributed by atoms with Crippen LogP contribution in [0.1, 0.15) is 11.1 Å². The van der Waals surface area contributed by atoms with Crippen LogP contribution >= 0.6 is 15.9 Å². The van der Waals surface area contributed by atoms with Crippen LogP contribution in [0.25, 0.3) is 0 Å². The first-order valence-electron chi connectivity index (χ1n) is 5.06. The first-order valence-corrected chi connectivity index (χ1v) is 6.18. The van der Waals surface area contributed by atoms with E-state index < -0.39 is 5.60 Å². The number of hydrogen-bond acceptors (Lipinski definition) is 4. The Kier molecular flexibility index (Phi) is 3.46. The van der Waals surface area contributed by atoms with Crippen molar-refractivity contribution in [3.8, 4) is 6.07 Å². The highest BCUT2D eigenvalue weighted by atomic mass is 79.9. The third-order valence-corrected chi connectivity index (χ3v) is 3.59. The number of halogens is 1. The Labute approximate surface area is 107 Å². The molecule has 1 saturated heterocycles. The van der Waals surface area contributed by atoms with E-state index in [9.17, 15) is 4.79 Å². The van der Waals surface area contributed by atoms with Gasteiger partial charge in [-0.2, -0.15) is 5.26 Å². The summed E-state index contributed by atoms with van der Waals surface area (Å²) in [5.74, 6) is -0.348. The van der Waals surface area contributed by atoms with Gasteiger partial charge in [0.15, 0.2) is 12.4 Å². The van der Waals surface area contributed by atoms with Crippen LogP contribution in [0.2, 0.25) is 0 Å². The summed E-state index contributed by atoms with van der Waals surface area (Å²) in [7, 11) is 0. The van der Waals surface area contributed by atoms with Crippen LogP contribution < -0.4 is 0 Å². The van der Waals surface area contributed by atoms with E-state index in [4.69, 9.17) is 14.7 Å². The van der Waals surface area contributed by atoms with Crippen LogP contribution in [0.15, 0.2) is 24.3 Å². The van der Waals surface area contributed by atoms with E-state index in [-0.39, 0.29) is 12.8 Å². The molecule has 0 aromatic heterocycles. The molecule has 5 heteroatoms. The Morgan fingerprint density at radius 2 is 2.12 bits per heavy atom. The molecule has 1 aliphatic rings. The number of carbonyl (C=O) groups is 1. The number of nitriles is 1. The highest BCUT2D eigenvalue weighted by Gasteiger charge is 2.45. The summed E-state index contributed by atoms with van der Waals surface area (Å²) in [5, 5.41) is 9.08. The van der Waals surface area contributed by atoms with Crippen molar-refractivity contribution in [3.05, 3.63) is 35.4 Å². The average Bonchev–Trinajstić information content (AvgIpc) is 2.72. The van der Waals surface area contributed by atoms with Gasteiger partial charge in [-0.25, -0.2) is 4.79 Å². The lowest BCUT2D eigenvalue weighted by Crippen LogP contribution is -2.40. The van der Waals surface area contributed by atoms with Crippen molar-refractivity contribution in [1.82, 2.24) is 0 Å². The summed E-state index contributed by atoms with van der Waals surface area (Å²) in [5.41, 5.74) is 0.590. The van der Waals surface area contributed by atoms with Crippen LogP contribution in [0, 0.1) is 11.3 Å². The Morgan fingerprint density at radius 1 is 1.41 bits per heavy atom. The molecule has 1 aliphatic heterocycles. The molecule has 0 amide bonds. The predicted octanol–water partition coefficient (Wildman–Crippen LogP) is 1.77. The van der Waals surface area contributed by atoms with Gasteiger partial charge >= 0.3 is 5.97 Å². The number of rotatable bonds is 3. The van der Waals surface area contributed by atoms with Crippen molar-refractivity contribution in [2.75, 3.05) is 12.1 Å². The maximum Gasteiger partial charge on any atom is 0.341 e. The number of alkyl halides is 1. The Balaban J connectivity index is 2.19. The van der Waals surface area contributed by atoms with E-state index in [0.29, 0.717) is 17.3 Å². The zero-order valence-electron chi connectivity index (χ0n) is 8.98. The summed E-state index contributed by atoms with van der Waals surface area (Å²) in [6.45, 7) is 0.000707. The van der Waals surface area contributed by atoms with E-state index in [1.54, 1.807) is 12.1 Å². The molecule has 1 aromatic rings. The van der Waals surface area contributed by atoms with Crippen molar-refractivity contribution in [2.24, 2.45) is 0 Å². The van der Waals surface area contributed by atoms with Gasteiger partial charge in [-0.15, -0.1) is 0 Å². The zero-order valence-corrected chi connectivity index (χ0v) is 10.6. The number of benzene rings is 1. The van der Waals surface area contributed by atoms with E-state index in [1.165, 1.54) is 0 Å². The Morgan fingerprint density at radius 3 is 2.59 bits per heavy atom. The van der Waals surface area contributed by atoms with Crippen molar-refractivity contribution in [1.29, 1.82) is 5.26 Å². The quantitative estimate of drug-likeness (QED) is 0.630. The van der Waals surface area contributed by atoms with Crippen LogP contribution in [0.5, 0.6) is 0 Å². The number of esters is 1. The van der Waals surface area contributed by atoms with Crippen LogP contribution in [-0.4, -0.2) is 23.7 Å². The third kappa shape index (κ3) is 2.33. The second-order valence-corrected chi connectivity index (χ2v) is 4.37. The first-order chi connectivity index (χ1) is 8.20. The molecule has 0 spiro atoms. The minimum atomic E-state index is -0.936. The summed E-state index contributed by atoms with van der Waals surface area (Å²) >= 11 is 3.28. The smallest absolute Gasteiger partial charge is 0.341 e. The Bertz CT molecular complexity index is 466.